The molecule has 0 spiro atoms. The topological polar surface area (TPSA) is 3.24 Å². The molecule has 1 heteroatoms. The van der Waals surface area contributed by atoms with Crippen LogP contribution in [0.1, 0.15) is 13.3 Å². The van der Waals surface area contributed by atoms with Crippen molar-refractivity contribution < 1.29 is 0 Å². The lowest BCUT2D eigenvalue weighted by atomic mass is 9.97. The van der Waals surface area contributed by atoms with Gasteiger partial charge in [0.1, 0.15) is 0 Å². The fourth-order valence-electron chi connectivity index (χ4n) is 1.60. The van der Waals surface area contributed by atoms with Crippen molar-refractivity contribution in [3.05, 3.63) is 12.2 Å². The van der Waals surface area contributed by atoms with Crippen LogP contribution in [-0.4, -0.2) is 25.0 Å². The average Bonchev–Trinajstić information content (AvgIpc) is 1.59. The minimum atomic E-state index is 0.816. The molecule has 0 radical (unpaired) electrons. The van der Waals surface area contributed by atoms with Crippen LogP contribution in [0, 0.1) is 5.92 Å². The van der Waals surface area contributed by atoms with Crippen LogP contribution in [0.4, 0.5) is 0 Å². The van der Waals surface area contributed by atoms with Crippen molar-refractivity contribution >= 4 is 0 Å². The van der Waals surface area contributed by atoms with Crippen LogP contribution in [0.15, 0.2) is 12.2 Å². The number of rotatable bonds is 0. The molecule has 1 heterocycles. The van der Waals surface area contributed by atoms with Crippen LogP contribution in [-0.2, 0) is 0 Å². The van der Waals surface area contributed by atoms with Gasteiger partial charge < -0.3 is 4.90 Å². The Morgan fingerprint density at radius 2 is 2.33 bits per heavy atom. The monoisotopic (exact) mass is 125 g/mol. The van der Waals surface area contributed by atoms with Crippen molar-refractivity contribution in [2.45, 2.75) is 13.3 Å². The lowest BCUT2D eigenvalue weighted by Crippen LogP contribution is -2.31. The van der Waals surface area contributed by atoms with E-state index >= 15 is 0 Å². The Morgan fingerprint density at radius 1 is 1.67 bits per heavy atom. The number of piperidine rings is 1. The zero-order valence-corrected chi connectivity index (χ0v) is 6.35. The normalized spacial score (nSPS) is 30.9. The lowest BCUT2D eigenvalue weighted by molar-refractivity contribution is 0.266. The number of likely N-dealkylation sites (tertiary alicyclic amines) is 1. The van der Waals surface area contributed by atoms with Crippen LogP contribution in [0.2, 0.25) is 0 Å². The van der Waals surface area contributed by atoms with Crippen molar-refractivity contribution in [1.82, 2.24) is 4.90 Å². The molecule has 1 aliphatic heterocycles. The van der Waals surface area contributed by atoms with Crippen LogP contribution >= 0.6 is 0 Å². The van der Waals surface area contributed by atoms with Gasteiger partial charge in [0, 0.05) is 13.1 Å². The van der Waals surface area contributed by atoms with E-state index in [0.717, 1.165) is 12.5 Å². The SMILES string of the molecule is C=C1CC(C)CN(C)C1. The molecule has 1 unspecified atom stereocenters. The van der Waals surface area contributed by atoms with Gasteiger partial charge >= 0.3 is 0 Å². The highest BCUT2D eigenvalue weighted by Gasteiger charge is 2.14. The minimum Gasteiger partial charge on any atom is -0.302 e. The zero-order valence-electron chi connectivity index (χ0n) is 6.35. The summed E-state index contributed by atoms with van der Waals surface area (Å²) in [4.78, 5) is 2.33. The van der Waals surface area contributed by atoms with Gasteiger partial charge in [0.2, 0.25) is 0 Å². The second-order valence-corrected chi connectivity index (χ2v) is 3.26. The van der Waals surface area contributed by atoms with Crippen LogP contribution in [0.5, 0.6) is 0 Å². The van der Waals surface area contributed by atoms with Gasteiger partial charge in [-0.1, -0.05) is 19.1 Å². The third-order valence-corrected chi connectivity index (χ3v) is 1.75. The maximum Gasteiger partial charge on any atom is 0.0187 e. The Kier molecular flexibility index (Phi) is 1.91. The predicted octanol–water partition coefficient (Wildman–Crippen LogP) is 1.51. The van der Waals surface area contributed by atoms with E-state index in [2.05, 4.69) is 25.5 Å². The molecule has 0 aliphatic carbocycles. The first-order valence-corrected chi connectivity index (χ1v) is 3.53. The summed E-state index contributed by atoms with van der Waals surface area (Å²) in [6, 6.07) is 0. The van der Waals surface area contributed by atoms with Crippen LogP contribution in [0.3, 0.4) is 0 Å². The van der Waals surface area contributed by atoms with Gasteiger partial charge in [-0.2, -0.15) is 0 Å². The van der Waals surface area contributed by atoms with Crippen molar-refractivity contribution in [3.63, 3.8) is 0 Å². The summed E-state index contributed by atoms with van der Waals surface area (Å²) < 4.78 is 0. The van der Waals surface area contributed by atoms with E-state index in [1.807, 2.05) is 0 Å². The maximum absolute atomic E-state index is 3.97. The smallest absolute Gasteiger partial charge is 0.0187 e. The molecule has 9 heavy (non-hydrogen) atoms. The van der Waals surface area contributed by atoms with Crippen molar-refractivity contribution in [2.75, 3.05) is 20.1 Å². The number of likely N-dealkylation sites (N-methyl/N-ethyl adjacent to an activating group) is 1. The summed E-state index contributed by atoms with van der Waals surface area (Å²) in [5.41, 5.74) is 1.39. The molecule has 1 atom stereocenters. The molecule has 0 aromatic rings. The second kappa shape index (κ2) is 2.53. The van der Waals surface area contributed by atoms with Crippen LogP contribution in [0.25, 0.3) is 0 Å². The molecule has 52 valence electrons. The summed E-state index contributed by atoms with van der Waals surface area (Å²) in [5, 5.41) is 0. The van der Waals surface area contributed by atoms with E-state index in [-0.39, 0.29) is 0 Å². The molecule has 1 aliphatic rings. The summed E-state index contributed by atoms with van der Waals surface area (Å²) >= 11 is 0. The fourth-order valence-corrected chi connectivity index (χ4v) is 1.60. The molecule has 0 aromatic heterocycles. The number of hydrogen-bond acceptors (Lipinski definition) is 1. The molecule has 0 N–H and O–H groups in total. The molecule has 1 saturated heterocycles. The maximum atomic E-state index is 3.97. The van der Waals surface area contributed by atoms with E-state index < -0.39 is 0 Å². The summed E-state index contributed by atoms with van der Waals surface area (Å²) in [7, 11) is 2.15. The molecule has 0 aromatic carbocycles. The zero-order chi connectivity index (χ0) is 6.85. The highest BCUT2D eigenvalue weighted by atomic mass is 15.1. The third-order valence-electron chi connectivity index (χ3n) is 1.75. The highest BCUT2D eigenvalue weighted by Crippen LogP contribution is 2.17. The van der Waals surface area contributed by atoms with Gasteiger partial charge in [-0.3, -0.25) is 0 Å². The molecule has 0 amide bonds. The molecule has 1 nitrogen and oxygen atoms in total. The predicted molar refractivity (Wildman–Crippen MR) is 40.4 cm³/mol. The standard InChI is InChI=1S/C8H15N/c1-7-4-8(2)6-9(3)5-7/h8H,1,4-6H2,2-3H3. The van der Waals surface area contributed by atoms with Crippen LogP contribution < -0.4 is 0 Å². The van der Waals surface area contributed by atoms with Gasteiger partial charge in [-0.15, -0.1) is 0 Å². The Morgan fingerprint density at radius 3 is 2.78 bits per heavy atom. The second-order valence-electron chi connectivity index (χ2n) is 3.26. The Labute approximate surface area is 57.4 Å². The Balaban J connectivity index is 2.43. The molecule has 1 rings (SSSR count). The Bertz CT molecular complexity index is 106. The Hall–Kier alpha value is -0.300. The van der Waals surface area contributed by atoms with Gasteiger partial charge in [0.15, 0.2) is 0 Å². The van der Waals surface area contributed by atoms with E-state index in [1.54, 1.807) is 0 Å². The lowest BCUT2D eigenvalue weighted by Gasteiger charge is -2.28. The molecular weight excluding hydrogens is 110 g/mol. The average molecular weight is 125 g/mol. The first-order valence-electron chi connectivity index (χ1n) is 3.53. The fraction of sp³-hybridized carbons (Fsp3) is 0.750. The molecule has 0 bridgehead atoms. The van der Waals surface area contributed by atoms with Gasteiger partial charge in [-0.05, 0) is 19.4 Å². The minimum absolute atomic E-state index is 0.816. The van der Waals surface area contributed by atoms with Gasteiger partial charge in [-0.25, -0.2) is 0 Å². The number of nitrogens with zero attached hydrogens (tertiary/aromatic N) is 1. The largest absolute Gasteiger partial charge is 0.302 e. The third kappa shape index (κ3) is 1.83. The van der Waals surface area contributed by atoms with Crippen molar-refractivity contribution in [1.29, 1.82) is 0 Å². The van der Waals surface area contributed by atoms with Crippen molar-refractivity contribution in [3.8, 4) is 0 Å². The summed E-state index contributed by atoms with van der Waals surface area (Å²) in [6.45, 7) is 8.59. The van der Waals surface area contributed by atoms with Crippen molar-refractivity contribution in [2.24, 2.45) is 5.92 Å². The first kappa shape index (κ1) is 6.81. The van der Waals surface area contributed by atoms with E-state index in [4.69, 9.17) is 0 Å². The number of hydrogen-bond donors (Lipinski definition) is 0. The van der Waals surface area contributed by atoms with E-state index in [9.17, 15) is 0 Å². The van der Waals surface area contributed by atoms with E-state index in [0.29, 0.717) is 0 Å². The van der Waals surface area contributed by atoms with Gasteiger partial charge in [0.05, 0.1) is 0 Å². The molecule has 1 fully saturated rings. The summed E-state index contributed by atoms with van der Waals surface area (Å²) in [5.74, 6) is 0.816. The quantitative estimate of drug-likeness (QED) is 0.444. The first-order chi connectivity index (χ1) is 4.18. The summed E-state index contributed by atoms with van der Waals surface area (Å²) in [6.07, 6.45) is 1.23. The van der Waals surface area contributed by atoms with E-state index in [1.165, 1.54) is 18.5 Å². The molecular formula is C8H15N. The molecule has 0 saturated carbocycles. The highest BCUT2D eigenvalue weighted by molar-refractivity contribution is 5.01. The van der Waals surface area contributed by atoms with Gasteiger partial charge in [0.25, 0.3) is 0 Å².